The Morgan fingerprint density at radius 1 is 1.14 bits per heavy atom. The molecule has 22 heavy (non-hydrogen) atoms. The minimum Gasteiger partial charge on any atom is -0.253 e. The molecule has 8 nitrogen and oxygen atoms in total. The van der Waals surface area contributed by atoms with Gasteiger partial charge in [-0.3, -0.25) is 4.31 Å². The van der Waals surface area contributed by atoms with Gasteiger partial charge in [-0.25, -0.2) is 18.1 Å². The van der Waals surface area contributed by atoms with Crippen LogP contribution in [-0.4, -0.2) is 40.7 Å². The highest BCUT2D eigenvalue weighted by molar-refractivity contribution is 7.92. The quantitative estimate of drug-likeness (QED) is 0.709. The normalized spacial score (nSPS) is 11.3. The average Bonchev–Trinajstić information content (AvgIpc) is 3.09. The molecule has 2 heterocycles. The van der Waals surface area contributed by atoms with Gasteiger partial charge < -0.3 is 0 Å². The van der Waals surface area contributed by atoms with E-state index in [0.29, 0.717) is 11.5 Å². The van der Waals surface area contributed by atoms with Crippen LogP contribution in [0.1, 0.15) is 0 Å². The van der Waals surface area contributed by atoms with Gasteiger partial charge in [-0.15, -0.1) is 5.10 Å². The number of hydrogen-bond donors (Lipinski definition) is 0. The molecule has 0 unspecified atom stereocenters. The topological polar surface area (TPSA) is 93.9 Å². The van der Waals surface area contributed by atoms with Gasteiger partial charge in [0.25, 0.3) is 10.0 Å². The fourth-order valence-corrected chi connectivity index (χ4v) is 3.08. The highest BCUT2D eigenvalue weighted by Crippen LogP contribution is 2.21. The number of aromatic nitrogens is 5. The molecular weight excluding hydrogens is 304 g/mol. The second-order valence-electron chi connectivity index (χ2n) is 4.41. The summed E-state index contributed by atoms with van der Waals surface area (Å²) < 4.78 is 27.9. The predicted octanol–water partition coefficient (Wildman–Crippen LogP) is 0.882. The third-order valence-corrected chi connectivity index (χ3v) is 4.82. The number of hydrogen-bond acceptors (Lipinski definition) is 6. The number of benzene rings is 1. The predicted molar refractivity (Wildman–Crippen MR) is 79.0 cm³/mol. The van der Waals surface area contributed by atoms with E-state index >= 15 is 0 Å². The number of anilines is 1. The second-order valence-corrected chi connectivity index (χ2v) is 6.38. The Bertz CT molecular complexity index is 865. The summed E-state index contributed by atoms with van der Waals surface area (Å²) in [6.45, 7) is 0. The molecule has 0 aliphatic carbocycles. The summed E-state index contributed by atoms with van der Waals surface area (Å²) in [4.78, 5) is 4.18. The van der Waals surface area contributed by atoms with E-state index in [9.17, 15) is 8.42 Å². The molecule has 1 aromatic carbocycles. The van der Waals surface area contributed by atoms with Crippen molar-refractivity contribution in [2.24, 2.45) is 0 Å². The van der Waals surface area contributed by atoms with Crippen molar-refractivity contribution in [1.82, 2.24) is 25.2 Å². The number of rotatable bonds is 4. The van der Waals surface area contributed by atoms with Crippen molar-refractivity contribution in [2.75, 3.05) is 11.4 Å². The molecule has 0 aliphatic rings. The molecule has 0 bridgehead atoms. The van der Waals surface area contributed by atoms with E-state index in [0.717, 1.165) is 4.31 Å². The van der Waals surface area contributed by atoms with Crippen LogP contribution in [0.15, 0.2) is 59.9 Å². The molecule has 3 rings (SSSR count). The minimum absolute atomic E-state index is 0.133. The maximum Gasteiger partial charge on any atom is 0.265 e. The lowest BCUT2D eigenvalue weighted by molar-refractivity contribution is 0.593. The Morgan fingerprint density at radius 3 is 2.68 bits per heavy atom. The molecule has 0 aliphatic heterocycles. The zero-order valence-corrected chi connectivity index (χ0v) is 12.4. The maximum atomic E-state index is 12.7. The molecule has 2 aromatic heterocycles. The van der Waals surface area contributed by atoms with E-state index in [1.807, 2.05) is 0 Å². The average molecular weight is 316 g/mol. The summed E-state index contributed by atoms with van der Waals surface area (Å²) in [5, 5.41) is 10.8. The van der Waals surface area contributed by atoms with Gasteiger partial charge >= 0.3 is 0 Å². The zero-order chi connectivity index (χ0) is 15.6. The van der Waals surface area contributed by atoms with Crippen LogP contribution in [0.3, 0.4) is 0 Å². The number of tetrazole rings is 1. The highest BCUT2D eigenvalue weighted by Gasteiger charge is 2.22. The molecule has 0 saturated carbocycles. The van der Waals surface area contributed by atoms with E-state index in [2.05, 4.69) is 20.5 Å². The SMILES string of the molecule is CN(c1ccccn1)S(=O)(=O)c1cccc(-n2cnnn2)c1. The van der Waals surface area contributed by atoms with Crippen molar-refractivity contribution < 1.29 is 8.42 Å². The van der Waals surface area contributed by atoms with Gasteiger partial charge in [0.05, 0.1) is 10.6 Å². The molecule has 0 spiro atoms. The van der Waals surface area contributed by atoms with Gasteiger partial charge in [0.15, 0.2) is 0 Å². The van der Waals surface area contributed by atoms with Gasteiger partial charge in [0, 0.05) is 13.2 Å². The molecule has 3 aromatic rings. The van der Waals surface area contributed by atoms with E-state index in [1.54, 1.807) is 36.5 Å². The van der Waals surface area contributed by atoms with Crippen molar-refractivity contribution in [1.29, 1.82) is 0 Å². The van der Waals surface area contributed by atoms with Gasteiger partial charge in [-0.05, 0) is 40.8 Å². The first-order valence-electron chi connectivity index (χ1n) is 6.32. The third kappa shape index (κ3) is 2.53. The molecule has 9 heteroatoms. The lowest BCUT2D eigenvalue weighted by atomic mass is 10.3. The fraction of sp³-hybridized carbons (Fsp3) is 0.0769. The molecule has 112 valence electrons. The van der Waals surface area contributed by atoms with Crippen molar-refractivity contribution in [3.8, 4) is 5.69 Å². The number of pyridine rings is 1. The van der Waals surface area contributed by atoms with Crippen LogP contribution < -0.4 is 4.31 Å². The Labute approximate surface area is 127 Å². The Balaban J connectivity index is 2.01. The van der Waals surface area contributed by atoms with Gasteiger partial charge in [0.2, 0.25) is 0 Å². The van der Waals surface area contributed by atoms with Crippen LogP contribution in [0.25, 0.3) is 5.69 Å². The Morgan fingerprint density at radius 2 is 2.00 bits per heavy atom. The fourth-order valence-electron chi connectivity index (χ4n) is 1.89. The van der Waals surface area contributed by atoms with Crippen molar-refractivity contribution in [3.05, 3.63) is 55.0 Å². The maximum absolute atomic E-state index is 12.7. The largest absolute Gasteiger partial charge is 0.265 e. The van der Waals surface area contributed by atoms with E-state index in [4.69, 9.17) is 0 Å². The lowest BCUT2D eigenvalue weighted by Gasteiger charge is -2.18. The molecule has 0 atom stereocenters. The van der Waals surface area contributed by atoms with Crippen LogP contribution in [0, 0.1) is 0 Å². The third-order valence-electron chi connectivity index (χ3n) is 3.06. The molecular formula is C13H12N6O2S. The highest BCUT2D eigenvalue weighted by atomic mass is 32.2. The standard InChI is InChI=1S/C13H12N6O2S/c1-18(13-7-2-3-8-14-13)22(20,21)12-6-4-5-11(9-12)19-10-15-16-17-19/h2-10H,1H3. The molecule has 0 amide bonds. The lowest BCUT2D eigenvalue weighted by Crippen LogP contribution is -2.27. The van der Waals surface area contributed by atoms with Gasteiger partial charge in [-0.1, -0.05) is 12.1 Å². The summed E-state index contributed by atoms with van der Waals surface area (Å²) in [5.74, 6) is 0.343. The van der Waals surface area contributed by atoms with E-state index in [-0.39, 0.29) is 4.90 Å². The summed E-state index contributed by atoms with van der Waals surface area (Å²) in [5.41, 5.74) is 0.556. The number of sulfonamides is 1. The first-order valence-corrected chi connectivity index (χ1v) is 7.76. The van der Waals surface area contributed by atoms with Crippen LogP contribution in [0.2, 0.25) is 0 Å². The zero-order valence-electron chi connectivity index (χ0n) is 11.6. The second kappa shape index (κ2) is 5.53. The summed E-state index contributed by atoms with van der Waals surface area (Å²) in [6, 6.07) is 11.5. The molecule has 0 radical (unpaired) electrons. The van der Waals surface area contributed by atoms with Crippen molar-refractivity contribution >= 4 is 15.8 Å². The summed E-state index contributed by atoms with van der Waals surface area (Å²) >= 11 is 0. The minimum atomic E-state index is -3.72. The van der Waals surface area contributed by atoms with Gasteiger partial charge in [0.1, 0.15) is 12.1 Å². The molecule has 0 N–H and O–H groups in total. The van der Waals surface area contributed by atoms with E-state index < -0.39 is 10.0 Å². The summed E-state index contributed by atoms with van der Waals surface area (Å²) in [6.07, 6.45) is 2.94. The monoisotopic (exact) mass is 316 g/mol. The Hall–Kier alpha value is -2.81. The van der Waals surface area contributed by atoms with Crippen LogP contribution in [-0.2, 0) is 10.0 Å². The molecule has 0 saturated heterocycles. The summed E-state index contributed by atoms with van der Waals surface area (Å²) in [7, 11) is -2.26. The number of nitrogens with zero attached hydrogens (tertiary/aromatic N) is 6. The Kier molecular flexibility index (Phi) is 3.55. The van der Waals surface area contributed by atoms with E-state index in [1.165, 1.54) is 30.2 Å². The first-order chi connectivity index (χ1) is 10.6. The smallest absolute Gasteiger partial charge is 0.253 e. The van der Waals surface area contributed by atoms with Crippen molar-refractivity contribution in [2.45, 2.75) is 4.90 Å². The van der Waals surface area contributed by atoms with Crippen molar-refractivity contribution in [3.63, 3.8) is 0 Å². The van der Waals surface area contributed by atoms with Gasteiger partial charge in [-0.2, -0.15) is 0 Å². The molecule has 0 fully saturated rings. The first kappa shape index (κ1) is 14.1. The van der Waals surface area contributed by atoms with Crippen LogP contribution in [0.4, 0.5) is 5.82 Å². The van der Waals surface area contributed by atoms with Crippen LogP contribution >= 0.6 is 0 Å². The van der Waals surface area contributed by atoms with Crippen LogP contribution in [0.5, 0.6) is 0 Å².